The minimum Gasteiger partial charge on any atom is -0.477 e. The van der Waals surface area contributed by atoms with Crippen LogP contribution >= 0.6 is 11.3 Å². The standard InChI is InChI=1S/C11H16N2O3S/c1-7-8(9(14)15)17-10(13-7)12-6-11(2)4-3-5-16-11/h3-6H2,1-2H3,(H,12,13)(H,14,15). The molecule has 94 valence electrons. The van der Waals surface area contributed by atoms with Gasteiger partial charge in [-0.05, 0) is 26.7 Å². The smallest absolute Gasteiger partial charge is 0.347 e. The Hall–Kier alpha value is -1.14. The maximum atomic E-state index is 10.9. The maximum Gasteiger partial charge on any atom is 0.347 e. The monoisotopic (exact) mass is 256 g/mol. The summed E-state index contributed by atoms with van der Waals surface area (Å²) in [7, 11) is 0. The van der Waals surface area contributed by atoms with Crippen molar-refractivity contribution in [2.24, 2.45) is 0 Å². The molecule has 1 aromatic rings. The molecule has 5 nitrogen and oxygen atoms in total. The van der Waals surface area contributed by atoms with Crippen molar-refractivity contribution in [1.29, 1.82) is 0 Å². The van der Waals surface area contributed by atoms with Crippen LogP contribution in [0.1, 0.15) is 35.1 Å². The number of aryl methyl sites for hydroxylation is 1. The number of rotatable bonds is 4. The Morgan fingerprint density at radius 3 is 3.00 bits per heavy atom. The van der Waals surface area contributed by atoms with Gasteiger partial charge in [-0.3, -0.25) is 0 Å². The average Bonchev–Trinajstić information content (AvgIpc) is 2.83. The summed E-state index contributed by atoms with van der Waals surface area (Å²) in [5.41, 5.74) is 0.408. The molecule has 0 spiro atoms. The summed E-state index contributed by atoms with van der Waals surface area (Å²) in [6.07, 6.45) is 2.10. The first kappa shape index (κ1) is 12.3. The van der Waals surface area contributed by atoms with E-state index in [-0.39, 0.29) is 5.60 Å². The van der Waals surface area contributed by atoms with Crippen molar-refractivity contribution in [3.63, 3.8) is 0 Å². The van der Waals surface area contributed by atoms with E-state index in [1.165, 1.54) is 11.3 Å². The lowest BCUT2D eigenvalue weighted by Crippen LogP contribution is -2.32. The zero-order chi connectivity index (χ0) is 12.5. The Kier molecular flexibility index (Phi) is 3.35. The van der Waals surface area contributed by atoms with E-state index in [1.54, 1.807) is 6.92 Å². The first-order chi connectivity index (χ1) is 8.00. The van der Waals surface area contributed by atoms with Crippen molar-refractivity contribution in [1.82, 2.24) is 4.98 Å². The number of hydrogen-bond donors (Lipinski definition) is 2. The molecule has 2 N–H and O–H groups in total. The Morgan fingerprint density at radius 2 is 2.47 bits per heavy atom. The van der Waals surface area contributed by atoms with E-state index in [4.69, 9.17) is 9.84 Å². The maximum absolute atomic E-state index is 10.9. The molecule has 1 unspecified atom stereocenters. The van der Waals surface area contributed by atoms with Gasteiger partial charge in [0.05, 0.1) is 11.3 Å². The van der Waals surface area contributed by atoms with Gasteiger partial charge in [-0.15, -0.1) is 0 Å². The molecule has 0 amide bonds. The van der Waals surface area contributed by atoms with Gasteiger partial charge in [-0.1, -0.05) is 11.3 Å². The van der Waals surface area contributed by atoms with E-state index < -0.39 is 5.97 Å². The van der Waals surface area contributed by atoms with Gasteiger partial charge in [0.1, 0.15) is 4.88 Å². The third-order valence-corrected chi connectivity index (χ3v) is 4.01. The summed E-state index contributed by atoms with van der Waals surface area (Å²) in [6.45, 7) is 5.24. The molecule has 1 aliphatic heterocycles. The van der Waals surface area contributed by atoms with E-state index in [0.29, 0.717) is 22.2 Å². The van der Waals surface area contributed by atoms with Crippen LogP contribution < -0.4 is 5.32 Å². The van der Waals surface area contributed by atoms with E-state index in [2.05, 4.69) is 17.2 Å². The van der Waals surface area contributed by atoms with Crippen LogP contribution in [-0.4, -0.2) is 34.8 Å². The molecule has 1 fully saturated rings. The second kappa shape index (κ2) is 4.62. The van der Waals surface area contributed by atoms with Gasteiger partial charge in [-0.2, -0.15) is 0 Å². The molecule has 1 aromatic heterocycles. The fourth-order valence-electron chi connectivity index (χ4n) is 1.91. The fraction of sp³-hybridized carbons (Fsp3) is 0.636. The summed E-state index contributed by atoms with van der Waals surface area (Å²) in [4.78, 5) is 15.4. The number of thiazole rings is 1. The quantitative estimate of drug-likeness (QED) is 0.863. The third kappa shape index (κ3) is 2.76. The predicted octanol–water partition coefficient (Wildman–Crippen LogP) is 2.13. The molecule has 17 heavy (non-hydrogen) atoms. The highest BCUT2D eigenvalue weighted by Gasteiger charge is 2.29. The second-order valence-corrected chi connectivity index (χ2v) is 5.49. The first-order valence-electron chi connectivity index (χ1n) is 5.59. The molecule has 6 heteroatoms. The first-order valence-corrected chi connectivity index (χ1v) is 6.40. The molecule has 0 bridgehead atoms. The topological polar surface area (TPSA) is 71.5 Å². The van der Waals surface area contributed by atoms with Crippen molar-refractivity contribution in [2.45, 2.75) is 32.3 Å². The zero-order valence-corrected chi connectivity index (χ0v) is 10.8. The number of carbonyl (C=O) groups is 1. The molecule has 1 saturated heterocycles. The van der Waals surface area contributed by atoms with E-state index >= 15 is 0 Å². The van der Waals surface area contributed by atoms with Crippen molar-refractivity contribution < 1.29 is 14.6 Å². The summed E-state index contributed by atoms with van der Waals surface area (Å²) in [6, 6.07) is 0. The minimum absolute atomic E-state index is 0.150. The Balaban J connectivity index is 1.99. The Morgan fingerprint density at radius 1 is 1.71 bits per heavy atom. The molecule has 2 rings (SSSR count). The second-order valence-electron chi connectivity index (χ2n) is 4.49. The lowest BCUT2D eigenvalue weighted by molar-refractivity contribution is 0.0315. The van der Waals surface area contributed by atoms with E-state index in [9.17, 15) is 4.79 Å². The van der Waals surface area contributed by atoms with E-state index in [0.717, 1.165) is 19.4 Å². The number of anilines is 1. The fourth-order valence-corrected chi connectivity index (χ4v) is 2.71. The summed E-state index contributed by atoms with van der Waals surface area (Å²) < 4.78 is 5.64. The van der Waals surface area contributed by atoms with Gasteiger partial charge in [0.25, 0.3) is 0 Å². The predicted molar refractivity (Wildman–Crippen MR) is 65.9 cm³/mol. The van der Waals surface area contributed by atoms with Crippen LogP contribution in [0.2, 0.25) is 0 Å². The lowest BCUT2D eigenvalue weighted by Gasteiger charge is -2.22. The number of carboxylic acids is 1. The number of aromatic nitrogens is 1. The van der Waals surface area contributed by atoms with Gasteiger partial charge in [-0.25, -0.2) is 9.78 Å². The highest BCUT2D eigenvalue weighted by molar-refractivity contribution is 7.17. The van der Waals surface area contributed by atoms with Gasteiger partial charge in [0.15, 0.2) is 5.13 Å². The van der Waals surface area contributed by atoms with Gasteiger partial charge in [0, 0.05) is 13.2 Å². The number of aromatic carboxylic acids is 1. The van der Waals surface area contributed by atoms with Crippen LogP contribution in [0, 0.1) is 6.92 Å². The Labute approximate surface area is 104 Å². The normalized spacial score (nSPS) is 23.9. The highest BCUT2D eigenvalue weighted by Crippen LogP contribution is 2.27. The number of nitrogens with zero attached hydrogens (tertiary/aromatic N) is 1. The number of hydrogen-bond acceptors (Lipinski definition) is 5. The number of nitrogens with one attached hydrogen (secondary N) is 1. The van der Waals surface area contributed by atoms with Crippen LogP contribution in [0.25, 0.3) is 0 Å². The third-order valence-electron chi connectivity index (χ3n) is 2.90. The molecule has 0 radical (unpaired) electrons. The van der Waals surface area contributed by atoms with Crippen LogP contribution in [0.5, 0.6) is 0 Å². The lowest BCUT2D eigenvalue weighted by atomic mass is 10.0. The molecule has 0 saturated carbocycles. The van der Waals surface area contributed by atoms with Crippen LogP contribution in [0.4, 0.5) is 5.13 Å². The van der Waals surface area contributed by atoms with Crippen LogP contribution in [-0.2, 0) is 4.74 Å². The molecular formula is C11H16N2O3S. The summed E-state index contributed by atoms with van der Waals surface area (Å²) >= 11 is 1.17. The Bertz CT molecular complexity index is 424. The van der Waals surface area contributed by atoms with Crippen LogP contribution in [0.3, 0.4) is 0 Å². The van der Waals surface area contributed by atoms with Crippen molar-refractivity contribution >= 4 is 22.4 Å². The minimum atomic E-state index is -0.920. The number of carboxylic acid groups (broad SMARTS) is 1. The van der Waals surface area contributed by atoms with Gasteiger partial charge in [0.2, 0.25) is 0 Å². The molecular weight excluding hydrogens is 240 g/mol. The molecule has 0 aliphatic carbocycles. The zero-order valence-electron chi connectivity index (χ0n) is 9.95. The van der Waals surface area contributed by atoms with Gasteiger partial charge >= 0.3 is 5.97 Å². The SMILES string of the molecule is Cc1nc(NCC2(C)CCCO2)sc1C(=O)O. The largest absolute Gasteiger partial charge is 0.477 e. The van der Waals surface area contributed by atoms with Crippen molar-refractivity contribution in [2.75, 3.05) is 18.5 Å². The molecule has 2 heterocycles. The number of ether oxygens (including phenoxy) is 1. The summed E-state index contributed by atoms with van der Waals surface area (Å²) in [5, 5.41) is 12.7. The molecule has 0 aromatic carbocycles. The van der Waals surface area contributed by atoms with Crippen molar-refractivity contribution in [3.8, 4) is 0 Å². The van der Waals surface area contributed by atoms with Crippen LogP contribution in [0.15, 0.2) is 0 Å². The molecule has 1 atom stereocenters. The van der Waals surface area contributed by atoms with Crippen molar-refractivity contribution in [3.05, 3.63) is 10.6 Å². The molecule has 1 aliphatic rings. The van der Waals surface area contributed by atoms with Gasteiger partial charge < -0.3 is 15.2 Å². The average molecular weight is 256 g/mol. The summed E-state index contributed by atoms with van der Waals surface area (Å²) in [5.74, 6) is -0.920. The highest BCUT2D eigenvalue weighted by atomic mass is 32.1. The van der Waals surface area contributed by atoms with E-state index in [1.807, 2.05) is 0 Å².